The summed E-state index contributed by atoms with van der Waals surface area (Å²) in [5.41, 5.74) is 1.17. The molecule has 0 aliphatic heterocycles. The topological polar surface area (TPSA) is 37.3 Å². The molecule has 2 atom stereocenters. The summed E-state index contributed by atoms with van der Waals surface area (Å²) in [6.45, 7) is 4.20. The maximum atomic E-state index is 11.3. The summed E-state index contributed by atoms with van der Waals surface area (Å²) in [5, 5.41) is 9.28. The molecule has 0 unspecified atom stereocenters. The lowest BCUT2D eigenvalue weighted by Gasteiger charge is -2.11. The summed E-state index contributed by atoms with van der Waals surface area (Å²) in [7, 11) is 0. The van der Waals surface area contributed by atoms with E-state index in [1.54, 1.807) is 0 Å². The van der Waals surface area contributed by atoms with E-state index in [0.717, 1.165) is 12.8 Å². The lowest BCUT2D eigenvalue weighted by Crippen LogP contribution is -2.08. The van der Waals surface area contributed by atoms with Gasteiger partial charge in [0.2, 0.25) is 0 Å². The molecule has 1 aliphatic rings. The highest BCUT2D eigenvalue weighted by Gasteiger charge is 2.66. The molecule has 0 saturated heterocycles. The van der Waals surface area contributed by atoms with Crippen molar-refractivity contribution < 1.29 is 9.90 Å². The van der Waals surface area contributed by atoms with E-state index in [-0.39, 0.29) is 17.3 Å². The Labute approximate surface area is 96.3 Å². The number of carboxylic acid groups (broad SMARTS) is 1. The summed E-state index contributed by atoms with van der Waals surface area (Å²) in [6, 6.07) is 10.0. The molecule has 0 spiro atoms. The summed E-state index contributed by atoms with van der Waals surface area (Å²) >= 11 is 0. The highest BCUT2D eigenvalue weighted by atomic mass is 16.4. The minimum absolute atomic E-state index is 0.00676. The van der Waals surface area contributed by atoms with Crippen LogP contribution in [0, 0.1) is 11.3 Å². The van der Waals surface area contributed by atoms with Gasteiger partial charge in [-0.1, -0.05) is 44.2 Å². The lowest BCUT2D eigenvalue weighted by atomic mass is 9.93. The molecule has 0 radical (unpaired) electrons. The Morgan fingerprint density at radius 3 is 2.19 bits per heavy atom. The molecule has 1 fully saturated rings. The third-order valence-corrected chi connectivity index (χ3v) is 4.20. The molecule has 2 rings (SSSR count). The molecular formula is C14H18O2. The van der Waals surface area contributed by atoms with Crippen LogP contribution < -0.4 is 0 Å². The molecule has 1 N–H and O–H groups in total. The average Bonchev–Trinajstić information content (AvgIpc) is 3.00. The molecule has 2 heteroatoms. The summed E-state index contributed by atoms with van der Waals surface area (Å²) in [6.07, 6.45) is 1.89. The number of rotatable bonds is 4. The van der Waals surface area contributed by atoms with Gasteiger partial charge in [-0.2, -0.15) is 0 Å². The Morgan fingerprint density at radius 1 is 1.25 bits per heavy atom. The van der Waals surface area contributed by atoms with E-state index in [1.807, 2.05) is 30.3 Å². The van der Waals surface area contributed by atoms with Crippen molar-refractivity contribution in [2.75, 3.05) is 0 Å². The van der Waals surface area contributed by atoms with Crippen LogP contribution in [0.1, 0.15) is 38.2 Å². The first kappa shape index (κ1) is 11.2. The minimum atomic E-state index is -0.641. The molecule has 86 valence electrons. The van der Waals surface area contributed by atoms with Gasteiger partial charge in [0, 0.05) is 5.92 Å². The van der Waals surface area contributed by atoms with Crippen LogP contribution >= 0.6 is 0 Å². The molecular weight excluding hydrogens is 200 g/mol. The molecule has 0 heterocycles. The largest absolute Gasteiger partial charge is 0.481 e. The third kappa shape index (κ3) is 1.44. The van der Waals surface area contributed by atoms with Gasteiger partial charge in [0.1, 0.15) is 0 Å². The van der Waals surface area contributed by atoms with Crippen molar-refractivity contribution in [3.63, 3.8) is 0 Å². The van der Waals surface area contributed by atoms with Crippen LogP contribution in [0.5, 0.6) is 0 Å². The predicted molar refractivity (Wildman–Crippen MR) is 63.3 cm³/mol. The van der Waals surface area contributed by atoms with Gasteiger partial charge in [-0.3, -0.25) is 4.79 Å². The fraction of sp³-hybridized carbons (Fsp3) is 0.500. The van der Waals surface area contributed by atoms with Crippen LogP contribution in [0.25, 0.3) is 0 Å². The Hall–Kier alpha value is -1.31. The van der Waals surface area contributed by atoms with Crippen LogP contribution in [0.4, 0.5) is 0 Å². The predicted octanol–water partition coefficient (Wildman–Crippen LogP) is 3.29. The Bertz CT molecular complexity index is 379. The van der Waals surface area contributed by atoms with E-state index in [9.17, 15) is 9.90 Å². The van der Waals surface area contributed by atoms with Gasteiger partial charge in [0.15, 0.2) is 0 Å². The number of aliphatic carboxylic acids is 1. The molecule has 1 aliphatic carbocycles. The van der Waals surface area contributed by atoms with Crippen molar-refractivity contribution in [1.29, 1.82) is 0 Å². The van der Waals surface area contributed by atoms with Gasteiger partial charge in [0.05, 0.1) is 5.92 Å². The Balaban J connectivity index is 2.33. The monoisotopic (exact) mass is 218 g/mol. The third-order valence-electron chi connectivity index (χ3n) is 4.20. The van der Waals surface area contributed by atoms with E-state index in [4.69, 9.17) is 0 Å². The zero-order chi connectivity index (χ0) is 11.8. The molecule has 0 bridgehead atoms. The summed E-state index contributed by atoms with van der Waals surface area (Å²) in [4.78, 5) is 11.3. The molecule has 2 nitrogen and oxygen atoms in total. The van der Waals surface area contributed by atoms with Crippen molar-refractivity contribution in [1.82, 2.24) is 0 Å². The minimum Gasteiger partial charge on any atom is -0.481 e. The Kier molecular flexibility index (Phi) is 2.75. The highest BCUT2D eigenvalue weighted by Crippen LogP contribution is 2.68. The lowest BCUT2D eigenvalue weighted by molar-refractivity contribution is -0.139. The van der Waals surface area contributed by atoms with Crippen molar-refractivity contribution in [3.8, 4) is 0 Å². The van der Waals surface area contributed by atoms with Gasteiger partial charge >= 0.3 is 5.97 Å². The second-order valence-corrected chi connectivity index (χ2v) is 4.64. The fourth-order valence-electron chi connectivity index (χ4n) is 3.19. The van der Waals surface area contributed by atoms with E-state index in [2.05, 4.69) is 13.8 Å². The van der Waals surface area contributed by atoms with Crippen LogP contribution in [-0.2, 0) is 4.79 Å². The van der Waals surface area contributed by atoms with Crippen LogP contribution in [-0.4, -0.2) is 11.1 Å². The van der Waals surface area contributed by atoms with Crippen molar-refractivity contribution in [2.45, 2.75) is 32.6 Å². The van der Waals surface area contributed by atoms with E-state index < -0.39 is 5.97 Å². The molecule has 16 heavy (non-hydrogen) atoms. The van der Waals surface area contributed by atoms with E-state index >= 15 is 0 Å². The van der Waals surface area contributed by atoms with Crippen LogP contribution in [0.3, 0.4) is 0 Å². The van der Waals surface area contributed by atoms with Gasteiger partial charge in [0.25, 0.3) is 0 Å². The van der Waals surface area contributed by atoms with Gasteiger partial charge in [-0.25, -0.2) is 0 Å². The first-order valence-corrected chi connectivity index (χ1v) is 5.95. The van der Waals surface area contributed by atoms with Crippen LogP contribution in [0.2, 0.25) is 0 Å². The smallest absolute Gasteiger partial charge is 0.307 e. The van der Waals surface area contributed by atoms with Gasteiger partial charge in [-0.15, -0.1) is 0 Å². The number of benzene rings is 1. The maximum absolute atomic E-state index is 11.3. The molecule has 0 aromatic heterocycles. The standard InChI is InChI=1S/C14H18O2/c1-3-14(4-2)11(12(14)13(15)16)10-8-6-5-7-9-10/h5-9,11-12H,3-4H2,1-2H3,(H,15,16)/t11-,12+/m1/s1. The molecule has 1 saturated carbocycles. The van der Waals surface area contributed by atoms with E-state index in [1.165, 1.54) is 5.56 Å². The zero-order valence-electron chi connectivity index (χ0n) is 9.81. The van der Waals surface area contributed by atoms with Crippen molar-refractivity contribution in [3.05, 3.63) is 35.9 Å². The second-order valence-electron chi connectivity index (χ2n) is 4.64. The number of hydrogen-bond donors (Lipinski definition) is 1. The molecule has 1 aromatic carbocycles. The second kappa shape index (κ2) is 3.93. The fourth-order valence-corrected chi connectivity index (χ4v) is 3.19. The number of hydrogen-bond acceptors (Lipinski definition) is 1. The zero-order valence-corrected chi connectivity index (χ0v) is 9.81. The van der Waals surface area contributed by atoms with Gasteiger partial charge in [-0.05, 0) is 23.8 Å². The number of carbonyl (C=O) groups is 1. The summed E-state index contributed by atoms with van der Waals surface area (Å²) < 4.78 is 0. The SMILES string of the molecule is CCC1(CC)[C@H](C(=O)O)[C@H]1c1ccccc1. The normalized spacial score (nSPS) is 26.4. The first-order valence-electron chi connectivity index (χ1n) is 5.95. The molecule has 1 aromatic rings. The van der Waals surface area contributed by atoms with E-state index in [0.29, 0.717) is 0 Å². The quantitative estimate of drug-likeness (QED) is 0.842. The average molecular weight is 218 g/mol. The molecule has 0 amide bonds. The van der Waals surface area contributed by atoms with Crippen molar-refractivity contribution >= 4 is 5.97 Å². The summed E-state index contributed by atoms with van der Waals surface area (Å²) in [5.74, 6) is -0.622. The van der Waals surface area contributed by atoms with Gasteiger partial charge < -0.3 is 5.11 Å². The number of carboxylic acids is 1. The maximum Gasteiger partial charge on any atom is 0.307 e. The van der Waals surface area contributed by atoms with Crippen LogP contribution in [0.15, 0.2) is 30.3 Å². The Morgan fingerprint density at radius 2 is 1.81 bits per heavy atom. The highest BCUT2D eigenvalue weighted by molar-refractivity contribution is 5.78. The van der Waals surface area contributed by atoms with Crippen molar-refractivity contribution in [2.24, 2.45) is 11.3 Å². The first-order chi connectivity index (χ1) is 7.67.